The van der Waals surface area contributed by atoms with Crippen molar-refractivity contribution < 1.29 is 24.2 Å². The minimum absolute atomic E-state index is 0.111. The minimum atomic E-state index is -0.864. The van der Waals surface area contributed by atoms with E-state index in [4.69, 9.17) is 9.84 Å². The normalized spacial score (nSPS) is 29.6. The van der Waals surface area contributed by atoms with Crippen LogP contribution in [0.2, 0.25) is 0 Å². The maximum absolute atomic E-state index is 11.8. The van der Waals surface area contributed by atoms with Gasteiger partial charge in [-0.1, -0.05) is 0 Å². The maximum atomic E-state index is 11.8. The molecular formula is C17H32N2O5. The van der Waals surface area contributed by atoms with Crippen molar-refractivity contribution >= 4 is 12.1 Å². The highest BCUT2D eigenvalue weighted by molar-refractivity contribution is 5.87. The number of esters is 1. The number of likely N-dealkylation sites (tertiary alicyclic amines) is 2. The van der Waals surface area contributed by atoms with Crippen molar-refractivity contribution in [1.82, 2.24) is 9.80 Å². The fourth-order valence-corrected chi connectivity index (χ4v) is 2.52. The highest BCUT2D eigenvalue weighted by Crippen LogP contribution is 2.32. The first-order chi connectivity index (χ1) is 10.9. The molecule has 7 heteroatoms. The second-order valence-electron chi connectivity index (χ2n) is 7.97. The molecule has 7 nitrogen and oxygen atoms in total. The lowest BCUT2D eigenvalue weighted by atomic mass is 9.87. The quantitative estimate of drug-likeness (QED) is 0.767. The van der Waals surface area contributed by atoms with Crippen molar-refractivity contribution in [2.24, 2.45) is 0 Å². The van der Waals surface area contributed by atoms with Gasteiger partial charge in [0.05, 0.1) is 13.7 Å². The lowest BCUT2D eigenvalue weighted by Gasteiger charge is -2.47. The SMILES string of the molecule is CN1CCC1(C)CO.COC(=O)C1(C)CCN1C(=O)OC(C)(C)C. The molecular weight excluding hydrogens is 312 g/mol. The molecule has 2 fully saturated rings. The van der Waals surface area contributed by atoms with E-state index in [1.807, 2.05) is 7.05 Å². The lowest BCUT2D eigenvalue weighted by Crippen LogP contribution is -2.65. The van der Waals surface area contributed by atoms with E-state index in [-0.39, 0.29) is 5.54 Å². The third-order valence-electron chi connectivity index (χ3n) is 4.90. The molecule has 2 unspecified atom stereocenters. The summed E-state index contributed by atoms with van der Waals surface area (Å²) in [6.45, 7) is 11.1. The number of hydrogen-bond donors (Lipinski definition) is 1. The summed E-state index contributed by atoms with van der Waals surface area (Å²) < 4.78 is 9.89. The largest absolute Gasteiger partial charge is 0.467 e. The van der Waals surface area contributed by atoms with Crippen molar-refractivity contribution in [3.05, 3.63) is 0 Å². The van der Waals surface area contributed by atoms with Gasteiger partial charge in [0.25, 0.3) is 0 Å². The zero-order valence-corrected chi connectivity index (χ0v) is 16.0. The Morgan fingerprint density at radius 1 is 1.17 bits per heavy atom. The second kappa shape index (κ2) is 7.27. The highest BCUT2D eigenvalue weighted by Gasteiger charge is 2.51. The van der Waals surface area contributed by atoms with Gasteiger partial charge in [-0.25, -0.2) is 9.59 Å². The summed E-state index contributed by atoms with van der Waals surface area (Å²) in [5.41, 5.74) is -1.30. The molecule has 2 aliphatic rings. The topological polar surface area (TPSA) is 79.3 Å². The molecule has 0 aromatic heterocycles. The molecule has 1 N–H and O–H groups in total. The number of carbonyl (C=O) groups is 2. The summed E-state index contributed by atoms with van der Waals surface area (Å²) >= 11 is 0. The van der Waals surface area contributed by atoms with Crippen LogP contribution in [0.1, 0.15) is 47.5 Å². The molecule has 2 rings (SSSR count). The number of nitrogens with zero attached hydrogens (tertiary/aromatic N) is 2. The molecule has 24 heavy (non-hydrogen) atoms. The molecule has 0 aromatic rings. The van der Waals surface area contributed by atoms with Crippen LogP contribution in [0.3, 0.4) is 0 Å². The molecule has 0 aromatic carbocycles. The molecule has 0 saturated carbocycles. The molecule has 2 heterocycles. The summed E-state index contributed by atoms with van der Waals surface area (Å²) in [7, 11) is 3.36. The van der Waals surface area contributed by atoms with Gasteiger partial charge in [0.1, 0.15) is 11.1 Å². The molecule has 2 saturated heterocycles. The zero-order chi connectivity index (χ0) is 18.8. The van der Waals surface area contributed by atoms with Gasteiger partial charge in [0, 0.05) is 18.6 Å². The average molecular weight is 344 g/mol. The number of methoxy groups -OCH3 is 1. The van der Waals surface area contributed by atoms with Crippen LogP contribution < -0.4 is 0 Å². The lowest BCUT2D eigenvalue weighted by molar-refractivity contribution is -0.161. The standard InChI is InChI=1S/C11H19NO4.C6H13NO/c1-10(2,3)16-9(14)12-7-6-11(12,4)8(13)15-5;1-6(5-8)3-4-7(6)2/h6-7H2,1-5H3;8H,3-5H2,1-2H3. The summed E-state index contributed by atoms with van der Waals surface area (Å²) in [5, 5.41) is 8.77. The van der Waals surface area contributed by atoms with Crippen LogP contribution in [-0.4, -0.2) is 77.5 Å². The van der Waals surface area contributed by atoms with Crippen LogP contribution in [0.4, 0.5) is 4.79 Å². The molecule has 0 radical (unpaired) electrons. The summed E-state index contributed by atoms with van der Waals surface area (Å²) in [4.78, 5) is 26.9. The zero-order valence-electron chi connectivity index (χ0n) is 16.0. The number of likely N-dealkylation sites (N-methyl/N-ethyl adjacent to an activating group) is 1. The predicted molar refractivity (Wildman–Crippen MR) is 90.7 cm³/mol. The molecule has 0 spiro atoms. The smallest absolute Gasteiger partial charge is 0.411 e. The first kappa shape index (κ1) is 20.7. The second-order valence-corrected chi connectivity index (χ2v) is 7.97. The van der Waals surface area contributed by atoms with Gasteiger partial charge in [-0.3, -0.25) is 9.80 Å². The van der Waals surface area contributed by atoms with Gasteiger partial charge in [-0.2, -0.15) is 0 Å². The maximum Gasteiger partial charge on any atom is 0.411 e. The van der Waals surface area contributed by atoms with Gasteiger partial charge in [-0.05, 0) is 54.5 Å². The Morgan fingerprint density at radius 2 is 1.75 bits per heavy atom. The number of ether oxygens (including phenoxy) is 2. The van der Waals surface area contributed by atoms with Crippen LogP contribution in [-0.2, 0) is 14.3 Å². The van der Waals surface area contributed by atoms with E-state index < -0.39 is 23.2 Å². The Hall–Kier alpha value is -1.34. The molecule has 0 aliphatic carbocycles. The number of hydrogen-bond acceptors (Lipinski definition) is 6. The fourth-order valence-electron chi connectivity index (χ4n) is 2.52. The third-order valence-corrected chi connectivity index (χ3v) is 4.90. The van der Waals surface area contributed by atoms with Crippen LogP contribution in [0, 0.1) is 0 Å². The number of carbonyl (C=O) groups excluding carboxylic acids is 2. The van der Waals surface area contributed by atoms with Crippen LogP contribution >= 0.6 is 0 Å². The van der Waals surface area contributed by atoms with Crippen LogP contribution in [0.15, 0.2) is 0 Å². The number of amides is 1. The summed E-state index contributed by atoms with van der Waals surface area (Å²) in [6.07, 6.45) is 1.28. The summed E-state index contributed by atoms with van der Waals surface area (Å²) in [5.74, 6) is -0.399. The van der Waals surface area contributed by atoms with Crippen molar-refractivity contribution in [3.63, 3.8) is 0 Å². The van der Waals surface area contributed by atoms with Crippen molar-refractivity contribution in [2.75, 3.05) is 33.9 Å². The number of aliphatic hydroxyl groups excluding tert-OH is 1. The molecule has 2 aliphatic heterocycles. The van der Waals surface area contributed by atoms with E-state index in [2.05, 4.69) is 16.6 Å². The monoisotopic (exact) mass is 344 g/mol. The van der Waals surface area contributed by atoms with E-state index in [1.165, 1.54) is 12.0 Å². The van der Waals surface area contributed by atoms with E-state index >= 15 is 0 Å². The van der Waals surface area contributed by atoms with Crippen LogP contribution in [0.5, 0.6) is 0 Å². The number of aliphatic hydroxyl groups is 1. The highest BCUT2D eigenvalue weighted by atomic mass is 16.6. The Bertz CT molecular complexity index is 472. The Kier molecular flexibility index (Phi) is 6.27. The van der Waals surface area contributed by atoms with Crippen LogP contribution in [0.25, 0.3) is 0 Å². The molecule has 0 bridgehead atoms. The van der Waals surface area contributed by atoms with Crippen molar-refractivity contribution in [3.8, 4) is 0 Å². The van der Waals surface area contributed by atoms with E-state index in [9.17, 15) is 9.59 Å². The van der Waals surface area contributed by atoms with Gasteiger partial charge in [0.15, 0.2) is 0 Å². The Morgan fingerprint density at radius 3 is 1.96 bits per heavy atom. The average Bonchev–Trinajstić information content (AvgIpc) is 2.48. The number of rotatable bonds is 2. The van der Waals surface area contributed by atoms with Gasteiger partial charge >= 0.3 is 12.1 Å². The molecule has 2 atom stereocenters. The van der Waals surface area contributed by atoms with Gasteiger partial charge in [-0.15, -0.1) is 0 Å². The minimum Gasteiger partial charge on any atom is -0.467 e. The fraction of sp³-hybridized carbons (Fsp3) is 0.882. The summed E-state index contributed by atoms with van der Waals surface area (Å²) in [6, 6.07) is 0. The Balaban J connectivity index is 0.000000300. The Labute approximate surface area is 144 Å². The van der Waals surface area contributed by atoms with E-state index in [1.54, 1.807) is 27.7 Å². The first-order valence-corrected chi connectivity index (χ1v) is 8.31. The van der Waals surface area contributed by atoms with Gasteiger partial charge in [0.2, 0.25) is 0 Å². The van der Waals surface area contributed by atoms with Gasteiger partial charge < -0.3 is 14.6 Å². The van der Waals surface area contributed by atoms with E-state index in [0.717, 1.165) is 13.0 Å². The third kappa shape index (κ3) is 4.39. The van der Waals surface area contributed by atoms with Crippen molar-refractivity contribution in [2.45, 2.75) is 64.1 Å². The predicted octanol–water partition coefficient (Wildman–Crippen LogP) is 1.63. The molecule has 140 valence electrons. The molecule has 1 amide bonds. The van der Waals surface area contributed by atoms with E-state index in [0.29, 0.717) is 19.6 Å². The first-order valence-electron chi connectivity index (χ1n) is 8.31. The van der Waals surface area contributed by atoms with Crippen molar-refractivity contribution in [1.29, 1.82) is 0 Å².